The number of nitrogens with zero attached hydrogens (tertiary/aromatic N) is 1. The number of carbonyl (C=O) groups is 1. The maximum Gasteiger partial charge on any atom is 0.150 e. The van der Waals surface area contributed by atoms with E-state index < -0.39 is 0 Å². The van der Waals surface area contributed by atoms with E-state index in [9.17, 15) is 4.79 Å². The normalized spacial score (nSPS) is 20.2. The van der Waals surface area contributed by atoms with Crippen molar-refractivity contribution < 1.29 is 14.3 Å². The van der Waals surface area contributed by atoms with Crippen molar-refractivity contribution in [2.45, 2.75) is 25.9 Å². The zero-order chi connectivity index (χ0) is 13.7. The Labute approximate surface area is 114 Å². The number of rotatable bonds is 5. The van der Waals surface area contributed by atoms with E-state index in [0.717, 1.165) is 50.3 Å². The van der Waals surface area contributed by atoms with Gasteiger partial charge in [-0.1, -0.05) is 6.92 Å². The summed E-state index contributed by atoms with van der Waals surface area (Å²) in [6.45, 7) is 5.45. The molecule has 1 saturated heterocycles. The highest BCUT2D eigenvalue weighted by molar-refractivity contribution is 5.75. The van der Waals surface area contributed by atoms with Crippen molar-refractivity contribution in [3.63, 3.8) is 0 Å². The first kappa shape index (κ1) is 14.0. The Morgan fingerprint density at radius 2 is 2.37 bits per heavy atom. The van der Waals surface area contributed by atoms with Gasteiger partial charge in [-0.15, -0.1) is 0 Å². The largest absolute Gasteiger partial charge is 0.496 e. The number of hydrogen-bond acceptors (Lipinski definition) is 4. The first-order valence-electron chi connectivity index (χ1n) is 6.72. The van der Waals surface area contributed by atoms with Crippen LogP contribution in [0.2, 0.25) is 0 Å². The lowest BCUT2D eigenvalue weighted by Crippen LogP contribution is -2.44. The van der Waals surface area contributed by atoms with Gasteiger partial charge in [-0.25, -0.2) is 0 Å². The molecule has 1 atom stereocenters. The highest BCUT2D eigenvalue weighted by Gasteiger charge is 2.22. The number of aldehydes is 1. The van der Waals surface area contributed by atoms with E-state index in [1.165, 1.54) is 0 Å². The third-order valence-electron chi connectivity index (χ3n) is 3.63. The van der Waals surface area contributed by atoms with Gasteiger partial charge in [0.05, 0.1) is 20.3 Å². The van der Waals surface area contributed by atoms with Crippen LogP contribution in [0.4, 0.5) is 0 Å². The van der Waals surface area contributed by atoms with Gasteiger partial charge in [0.25, 0.3) is 0 Å². The number of methoxy groups -OCH3 is 1. The molecule has 0 aliphatic carbocycles. The summed E-state index contributed by atoms with van der Waals surface area (Å²) >= 11 is 0. The van der Waals surface area contributed by atoms with Crippen LogP contribution < -0.4 is 4.74 Å². The Hall–Kier alpha value is -1.39. The molecule has 4 nitrogen and oxygen atoms in total. The first-order valence-corrected chi connectivity index (χ1v) is 6.72. The van der Waals surface area contributed by atoms with E-state index in [4.69, 9.17) is 9.47 Å². The lowest BCUT2D eigenvalue weighted by Gasteiger charge is -2.35. The van der Waals surface area contributed by atoms with Crippen molar-refractivity contribution >= 4 is 6.29 Å². The Bertz CT molecular complexity index is 433. The van der Waals surface area contributed by atoms with Crippen LogP contribution in [0.25, 0.3) is 0 Å². The summed E-state index contributed by atoms with van der Waals surface area (Å²) < 4.78 is 10.9. The topological polar surface area (TPSA) is 38.8 Å². The third kappa shape index (κ3) is 3.33. The SMILES string of the molecule is CCC1COCCN1Cc1cc(C=O)ccc1OC. The number of morpholine rings is 1. The van der Waals surface area contributed by atoms with Crippen LogP contribution in [-0.4, -0.2) is 44.1 Å². The van der Waals surface area contributed by atoms with Crippen LogP contribution in [0.5, 0.6) is 5.75 Å². The summed E-state index contributed by atoms with van der Waals surface area (Å²) in [6, 6.07) is 6.00. The summed E-state index contributed by atoms with van der Waals surface area (Å²) in [6.07, 6.45) is 1.94. The van der Waals surface area contributed by atoms with Crippen LogP contribution in [0, 0.1) is 0 Å². The van der Waals surface area contributed by atoms with E-state index in [-0.39, 0.29) is 0 Å². The molecule has 0 bridgehead atoms. The molecular weight excluding hydrogens is 242 g/mol. The Morgan fingerprint density at radius 1 is 1.53 bits per heavy atom. The fraction of sp³-hybridized carbons (Fsp3) is 0.533. The molecule has 1 fully saturated rings. The second-order valence-corrected chi connectivity index (χ2v) is 4.80. The minimum atomic E-state index is 0.443. The predicted molar refractivity (Wildman–Crippen MR) is 73.7 cm³/mol. The van der Waals surface area contributed by atoms with Crippen LogP contribution in [0.3, 0.4) is 0 Å². The quantitative estimate of drug-likeness (QED) is 0.763. The van der Waals surface area contributed by atoms with Crippen molar-refractivity contribution in [3.8, 4) is 5.75 Å². The predicted octanol–water partition coefficient (Wildman–Crippen LogP) is 2.12. The van der Waals surface area contributed by atoms with E-state index in [1.807, 2.05) is 12.1 Å². The van der Waals surface area contributed by atoms with E-state index in [2.05, 4.69) is 11.8 Å². The molecule has 1 unspecified atom stereocenters. The fourth-order valence-electron chi connectivity index (χ4n) is 2.49. The lowest BCUT2D eigenvalue weighted by atomic mass is 10.1. The van der Waals surface area contributed by atoms with Crippen LogP contribution >= 0.6 is 0 Å². The third-order valence-corrected chi connectivity index (χ3v) is 3.63. The zero-order valence-corrected chi connectivity index (χ0v) is 11.6. The second kappa shape index (κ2) is 6.68. The Morgan fingerprint density at radius 3 is 3.05 bits per heavy atom. The molecule has 0 amide bonds. The van der Waals surface area contributed by atoms with E-state index in [0.29, 0.717) is 11.6 Å². The Balaban J connectivity index is 2.18. The van der Waals surface area contributed by atoms with Gasteiger partial charge < -0.3 is 9.47 Å². The smallest absolute Gasteiger partial charge is 0.150 e. The van der Waals surface area contributed by atoms with Gasteiger partial charge in [0, 0.05) is 30.3 Å². The summed E-state index contributed by atoms with van der Waals surface area (Å²) in [7, 11) is 1.66. The molecule has 0 N–H and O–H groups in total. The molecule has 19 heavy (non-hydrogen) atoms. The summed E-state index contributed by atoms with van der Waals surface area (Å²) in [5.74, 6) is 0.840. The summed E-state index contributed by atoms with van der Waals surface area (Å²) in [5, 5.41) is 0. The molecular formula is C15H21NO3. The van der Waals surface area contributed by atoms with E-state index >= 15 is 0 Å². The standard InChI is InChI=1S/C15H21NO3/c1-3-14-11-19-7-6-16(14)9-13-8-12(10-17)4-5-15(13)18-2/h4-5,8,10,14H,3,6-7,9,11H2,1-2H3. The van der Waals surface area contributed by atoms with E-state index in [1.54, 1.807) is 13.2 Å². The van der Waals surface area contributed by atoms with Crippen LogP contribution in [0.15, 0.2) is 18.2 Å². The van der Waals surface area contributed by atoms with Gasteiger partial charge in [0.2, 0.25) is 0 Å². The summed E-state index contributed by atoms with van der Waals surface area (Å²) in [4.78, 5) is 13.3. The molecule has 0 radical (unpaired) electrons. The van der Waals surface area contributed by atoms with Gasteiger partial charge >= 0.3 is 0 Å². The van der Waals surface area contributed by atoms with Crippen molar-refractivity contribution in [2.24, 2.45) is 0 Å². The van der Waals surface area contributed by atoms with Gasteiger partial charge in [0.1, 0.15) is 12.0 Å². The van der Waals surface area contributed by atoms with Gasteiger partial charge in [0.15, 0.2) is 0 Å². The second-order valence-electron chi connectivity index (χ2n) is 4.80. The van der Waals surface area contributed by atoms with Crippen LogP contribution in [-0.2, 0) is 11.3 Å². The molecule has 0 spiro atoms. The average Bonchev–Trinajstić information content (AvgIpc) is 2.47. The molecule has 1 aromatic rings. The van der Waals surface area contributed by atoms with Gasteiger partial charge in [-0.2, -0.15) is 0 Å². The molecule has 1 aliphatic rings. The number of ether oxygens (including phenoxy) is 2. The average molecular weight is 263 g/mol. The monoisotopic (exact) mass is 263 g/mol. The maximum atomic E-state index is 10.9. The van der Waals surface area contributed by atoms with Gasteiger partial charge in [-0.3, -0.25) is 9.69 Å². The van der Waals surface area contributed by atoms with Crippen molar-refractivity contribution in [3.05, 3.63) is 29.3 Å². The number of hydrogen-bond donors (Lipinski definition) is 0. The molecule has 104 valence electrons. The Kier molecular flexibility index (Phi) is 4.93. The fourth-order valence-corrected chi connectivity index (χ4v) is 2.49. The highest BCUT2D eigenvalue weighted by atomic mass is 16.5. The maximum absolute atomic E-state index is 10.9. The highest BCUT2D eigenvalue weighted by Crippen LogP contribution is 2.23. The molecule has 0 saturated carbocycles. The molecule has 4 heteroatoms. The molecule has 0 aromatic heterocycles. The summed E-state index contributed by atoms with van der Waals surface area (Å²) in [5.41, 5.74) is 1.75. The van der Waals surface area contributed by atoms with Crippen molar-refractivity contribution in [2.75, 3.05) is 26.9 Å². The lowest BCUT2D eigenvalue weighted by molar-refractivity contribution is -0.0129. The molecule has 1 aromatic carbocycles. The van der Waals surface area contributed by atoms with Gasteiger partial charge in [-0.05, 0) is 24.6 Å². The zero-order valence-electron chi connectivity index (χ0n) is 11.6. The number of carbonyl (C=O) groups excluding carboxylic acids is 1. The molecule has 2 rings (SSSR count). The first-order chi connectivity index (χ1) is 9.28. The molecule has 1 aliphatic heterocycles. The molecule has 1 heterocycles. The van der Waals surface area contributed by atoms with Crippen molar-refractivity contribution in [1.29, 1.82) is 0 Å². The van der Waals surface area contributed by atoms with Crippen LogP contribution in [0.1, 0.15) is 29.3 Å². The number of benzene rings is 1. The van der Waals surface area contributed by atoms with Crippen molar-refractivity contribution in [1.82, 2.24) is 4.90 Å². The minimum absolute atomic E-state index is 0.443. The minimum Gasteiger partial charge on any atom is -0.496 e.